The number of azo groups is 1. The standard InChI is InChI=1S/C14H18N4O7S/c19-6-9-10(20)11(21)12(22)13(25-9)16-14(26)17-15-5-7-1-3-8(4-2-7)18(23)24/h1-4,9-13,19-22H,5-6H2,(H,16,26)/t9-,10-,11+,12-,13-/m1/s1. The molecule has 0 unspecified atom stereocenters. The van der Waals surface area contributed by atoms with Crippen molar-refractivity contribution in [2.75, 3.05) is 6.61 Å². The molecular weight excluding hydrogens is 368 g/mol. The number of hydrogen-bond acceptors (Lipinski definition) is 9. The second kappa shape index (κ2) is 9.02. The molecule has 5 atom stereocenters. The monoisotopic (exact) mass is 386 g/mol. The number of benzene rings is 1. The molecule has 5 N–H and O–H groups in total. The van der Waals surface area contributed by atoms with Gasteiger partial charge in [0, 0.05) is 12.1 Å². The Kier molecular flexibility index (Phi) is 7.02. The number of ether oxygens (including phenoxy) is 1. The van der Waals surface area contributed by atoms with Crippen LogP contribution >= 0.6 is 12.2 Å². The normalized spacial score (nSPS) is 28.8. The van der Waals surface area contributed by atoms with E-state index in [2.05, 4.69) is 15.5 Å². The van der Waals surface area contributed by atoms with E-state index < -0.39 is 42.2 Å². The summed E-state index contributed by atoms with van der Waals surface area (Å²) in [6.07, 6.45) is -6.73. The number of rotatable bonds is 5. The number of aliphatic hydroxyl groups excluding tert-OH is 4. The van der Waals surface area contributed by atoms with Gasteiger partial charge in [-0.3, -0.25) is 10.1 Å². The van der Waals surface area contributed by atoms with Crippen molar-refractivity contribution < 1.29 is 30.1 Å². The van der Waals surface area contributed by atoms with Crippen LogP contribution < -0.4 is 5.32 Å². The van der Waals surface area contributed by atoms with E-state index in [4.69, 9.17) is 22.1 Å². The average molecular weight is 386 g/mol. The smallest absolute Gasteiger partial charge is 0.269 e. The van der Waals surface area contributed by atoms with E-state index >= 15 is 0 Å². The van der Waals surface area contributed by atoms with E-state index in [1.165, 1.54) is 24.3 Å². The zero-order chi connectivity index (χ0) is 19.3. The largest absolute Gasteiger partial charge is 0.394 e. The molecule has 0 aromatic heterocycles. The highest BCUT2D eigenvalue weighted by Crippen LogP contribution is 2.19. The molecule has 1 heterocycles. The van der Waals surface area contributed by atoms with Crippen molar-refractivity contribution in [3.63, 3.8) is 0 Å². The number of aliphatic hydroxyl groups is 4. The van der Waals surface area contributed by atoms with Gasteiger partial charge in [-0.15, -0.1) is 5.11 Å². The lowest BCUT2D eigenvalue weighted by atomic mass is 9.98. The van der Waals surface area contributed by atoms with E-state index in [1.54, 1.807) is 0 Å². The topological polar surface area (TPSA) is 170 Å². The third-order valence-corrected chi connectivity index (χ3v) is 3.92. The van der Waals surface area contributed by atoms with Crippen LogP contribution in [0.5, 0.6) is 0 Å². The van der Waals surface area contributed by atoms with Gasteiger partial charge in [0.15, 0.2) is 6.23 Å². The minimum Gasteiger partial charge on any atom is -0.394 e. The molecule has 0 aliphatic carbocycles. The molecule has 0 saturated carbocycles. The molecule has 0 spiro atoms. The summed E-state index contributed by atoms with van der Waals surface area (Å²) >= 11 is 4.94. The molecule has 1 aromatic carbocycles. The van der Waals surface area contributed by atoms with Gasteiger partial charge in [0.1, 0.15) is 24.4 Å². The minimum atomic E-state index is -1.53. The van der Waals surface area contributed by atoms with Crippen LogP contribution in [0.15, 0.2) is 34.5 Å². The highest BCUT2D eigenvalue weighted by atomic mass is 32.1. The maximum absolute atomic E-state index is 10.6. The number of nitrogens with one attached hydrogen (secondary N) is 1. The Bertz CT molecular complexity index is 670. The molecule has 0 radical (unpaired) electrons. The SMILES string of the molecule is O=[N+]([O-])c1ccc(CN=NC(=S)N[C@@H]2O[C@H](CO)[C@@H](O)[C@H](O)[C@H]2O)cc1. The van der Waals surface area contributed by atoms with Gasteiger partial charge in [-0.05, 0) is 17.8 Å². The van der Waals surface area contributed by atoms with Crippen LogP contribution in [0, 0.1) is 10.1 Å². The Balaban J connectivity index is 1.89. The molecule has 0 amide bonds. The quantitative estimate of drug-likeness (QED) is 0.188. The molecular formula is C14H18N4O7S. The molecule has 2 rings (SSSR count). The minimum absolute atomic E-state index is 0.0366. The summed E-state index contributed by atoms with van der Waals surface area (Å²) in [6, 6.07) is 5.75. The molecule has 0 bridgehead atoms. The first-order chi connectivity index (χ1) is 12.3. The third-order valence-electron chi connectivity index (χ3n) is 3.72. The summed E-state index contributed by atoms with van der Waals surface area (Å²) in [6.45, 7) is -0.438. The summed E-state index contributed by atoms with van der Waals surface area (Å²) in [7, 11) is 0. The van der Waals surface area contributed by atoms with E-state index in [-0.39, 0.29) is 17.3 Å². The van der Waals surface area contributed by atoms with Crippen molar-refractivity contribution in [3.05, 3.63) is 39.9 Å². The lowest BCUT2D eigenvalue weighted by Gasteiger charge is -2.40. The Hall–Kier alpha value is -2.09. The predicted octanol–water partition coefficient (Wildman–Crippen LogP) is -0.779. The highest BCUT2D eigenvalue weighted by Gasteiger charge is 2.43. The van der Waals surface area contributed by atoms with Crippen molar-refractivity contribution >= 4 is 23.0 Å². The number of thiocarbonyl (C=S) groups is 1. The highest BCUT2D eigenvalue weighted by molar-refractivity contribution is 7.80. The lowest BCUT2D eigenvalue weighted by molar-refractivity contribution is -0.384. The maximum Gasteiger partial charge on any atom is 0.269 e. The van der Waals surface area contributed by atoms with Gasteiger partial charge in [0.2, 0.25) is 5.11 Å². The van der Waals surface area contributed by atoms with E-state index in [0.29, 0.717) is 5.56 Å². The fourth-order valence-electron chi connectivity index (χ4n) is 2.28. The van der Waals surface area contributed by atoms with Crippen LogP contribution in [0.25, 0.3) is 0 Å². The van der Waals surface area contributed by atoms with Crippen molar-refractivity contribution in [1.29, 1.82) is 0 Å². The van der Waals surface area contributed by atoms with Crippen LogP contribution in [-0.4, -0.2) is 67.7 Å². The van der Waals surface area contributed by atoms with Gasteiger partial charge in [-0.1, -0.05) is 12.1 Å². The number of hydrogen-bond donors (Lipinski definition) is 5. The van der Waals surface area contributed by atoms with Gasteiger partial charge in [0.05, 0.1) is 18.1 Å². The first-order valence-electron chi connectivity index (χ1n) is 7.55. The summed E-state index contributed by atoms with van der Waals surface area (Å²) in [5.41, 5.74) is 0.639. The molecule has 11 nitrogen and oxygen atoms in total. The van der Waals surface area contributed by atoms with Gasteiger partial charge >= 0.3 is 0 Å². The van der Waals surface area contributed by atoms with Crippen LogP contribution in [0.3, 0.4) is 0 Å². The van der Waals surface area contributed by atoms with Crippen LogP contribution in [0.1, 0.15) is 5.56 Å². The van der Waals surface area contributed by atoms with Gasteiger partial charge in [-0.2, -0.15) is 5.11 Å². The Morgan fingerprint density at radius 3 is 2.46 bits per heavy atom. The van der Waals surface area contributed by atoms with Crippen molar-refractivity contribution in [2.24, 2.45) is 10.2 Å². The van der Waals surface area contributed by atoms with Crippen LogP contribution in [0.4, 0.5) is 5.69 Å². The van der Waals surface area contributed by atoms with E-state index in [9.17, 15) is 25.4 Å². The zero-order valence-electron chi connectivity index (χ0n) is 13.4. The zero-order valence-corrected chi connectivity index (χ0v) is 14.2. The Labute approximate surface area is 153 Å². The second-order valence-corrected chi connectivity index (χ2v) is 5.91. The third kappa shape index (κ3) is 4.97. The molecule has 142 valence electrons. The summed E-state index contributed by atoms with van der Waals surface area (Å²) in [4.78, 5) is 10.1. The first kappa shape index (κ1) is 20.2. The molecule has 1 aliphatic rings. The molecule has 12 heteroatoms. The summed E-state index contributed by atoms with van der Waals surface area (Å²) < 4.78 is 5.23. The van der Waals surface area contributed by atoms with Crippen molar-refractivity contribution in [2.45, 2.75) is 37.2 Å². The van der Waals surface area contributed by atoms with Gasteiger partial charge < -0.3 is 30.5 Å². The molecule has 1 fully saturated rings. The summed E-state index contributed by atoms with van der Waals surface area (Å²) in [5.74, 6) is 0. The van der Waals surface area contributed by atoms with Crippen LogP contribution in [0.2, 0.25) is 0 Å². The van der Waals surface area contributed by atoms with Crippen molar-refractivity contribution in [1.82, 2.24) is 5.32 Å². The number of nitro benzene ring substituents is 1. The fraction of sp³-hybridized carbons (Fsp3) is 0.500. The average Bonchev–Trinajstić information content (AvgIpc) is 2.62. The number of nitrogens with zero attached hydrogens (tertiary/aromatic N) is 3. The van der Waals surface area contributed by atoms with E-state index in [1.807, 2.05) is 0 Å². The molecule has 1 aromatic rings. The number of nitro groups is 1. The molecule has 26 heavy (non-hydrogen) atoms. The Morgan fingerprint density at radius 2 is 1.88 bits per heavy atom. The summed E-state index contributed by atoms with van der Waals surface area (Å²) in [5, 5.41) is 58.9. The molecule has 1 aliphatic heterocycles. The van der Waals surface area contributed by atoms with Gasteiger partial charge in [-0.25, -0.2) is 0 Å². The Morgan fingerprint density at radius 1 is 1.23 bits per heavy atom. The predicted molar refractivity (Wildman–Crippen MR) is 91.2 cm³/mol. The number of non-ortho nitro benzene ring substituents is 1. The lowest BCUT2D eigenvalue weighted by Crippen LogP contribution is -2.62. The van der Waals surface area contributed by atoms with Gasteiger partial charge in [0.25, 0.3) is 5.69 Å². The maximum atomic E-state index is 10.6. The fourth-order valence-corrected chi connectivity index (χ4v) is 2.45. The second-order valence-electron chi connectivity index (χ2n) is 5.52. The molecule has 1 saturated heterocycles. The van der Waals surface area contributed by atoms with Crippen molar-refractivity contribution in [3.8, 4) is 0 Å². The van der Waals surface area contributed by atoms with Crippen LogP contribution in [-0.2, 0) is 11.3 Å². The van der Waals surface area contributed by atoms with E-state index in [0.717, 1.165) is 0 Å². The first-order valence-corrected chi connectivity index (χ1v) is 7.96.